The van der Waals surface area contributed by atoms with E-state index in [1.807, 2.05) is 0 Å². The fourth-order valence-corrected chi connectivity index (χ4v) is 21.6. The SMILES string of the molecule is Cc1cccc(C)c1B(c1c(C)cccc1C)c1c(N2c3ccc(-c4ccccc4)cc3C(C)(C)c3cc(-c4ccccc4)ccc32)c(N2c3ccc(-c4ccccc4)cc3C(C)(C)c3cc(-c4ccccc4)ccc32)c(C2c3ccc(-c4ccccc4)cc3C(C)(C)c3cc(-c4ccccc4)ccc32)c2c1C(C)(C)CC2(C)C. The van der Waals surface area contributed by atoms with Gasteiger partial charge in [-0.25, -0.2) is 0 Å². The quantitative estimate of drug-likeness (QED) is 0.113. The average Bonchev–Trinajstić information content (AvgIpc) is 1.32. The molecule has 2 aliphatic carbocycles. The summed E-state index contributed by atoms with van der Waals surface area (Å²) in [5.74, 6) is -0.323. The largest absolute Gasteiger partial charge is 0.308 e. The van der Waals surface area contributed by atoms with Crippen molar-refractivity contribution in [2.24, 2.45) is 0 Å². The third-order valence-corrected chi connectivity index (χ3v) is 26.8. The Balaban J connectivity index is 1.10. The van der Waals surface area contributed by atoms with Crippen molar-refractivity contribution in [1.82, 2.24) is 0 Å². The van der Waals surface area contributed by atoms with Gasteiger partial charge >= 0.3 is 0 Å². The van der Waals surface area contributed by atoms with E-state index < -0.39 is 27.1 Å². The Morgan fingerprint density at radius 3 is 0.798 bits per heavy atom. The van der Waals surface area contributed by atoms with E-state index in [9.17, 15) is 0 Å². The molecular formula is C111H99BN2. The molecule has 556 valence electrons. The molecular weight excluding hydrogens is 1370 g/mol. The zero-order chi connectivity index (χ0) is 78.5. The third kappa shape index (κ3) is 11.5. The molecule has 0 atom stereocenters. The molecule has 0 fully saturated rings. The summed E-state index contributed by atoms with van der Waals surface area (Å²) in [5.41, 5.74) is 43.0. The average molecular weight is 1470 g/mol. The second-order valence-corrected chi connectivity index (χ2v) is 36.0. The maximum atomic E-state index is 2.88. The summed E-state index contributed by atoms with van der Waals surface area (Å²) in [6.45, 7) is 34.8. The molecule has 19 rings (SSSR count). The van der Waals surface area contributed by atoms with E-state index >= 15 is 0 Å². The molecule has 0 saturated carbocycles. The van der Waals surface area contributed by atoms with Crippen molar-refractivity contribution >= 4 is 57.2 Å². The van der Waals surface area contributed by atoms with Crippen LogP contribution >= 0.6 is 0 Å². The number of hydrogen-bond acceptors (Lipinski definition) is 2. The minimum atomic E-state index is -0.525. The van der Waals surface area contributed by atoms with E-state index in [4.69, 9.17) is 0 Å². The van der Waals surface area contributed by atoms with Gasteiger partial charge in [-0.15, -0.1) is 0 Å². The zero-order valence-corrected chi connectivity index (χ0v) is 68.4. The fraction of sp³-hybridized carbons (Fsp3) is 0.189. The van der Waals surface area contributed by atoms with Gasteiger partial charge in [0.1, 0.15) is 0 Å². The van der Waals surface area contributed by atoms with Crippen molar-refractivity contribution in [3.63, 3.8) is 0 Å². The first-order valence-electron chi connectivity index (χ1n) is 41.2. The molecule has 2 aliphatic heterocycles. The number of anilines is 6. The first-order valence-corrected chi connectivity index (χ1v) is 41.2. The van der Waals surface area contributed by atoms with Crippen LogP contribution in [0.1, 0.15) is 165 Å². The minimum absolute atomic E-state index is 0.293. The van der Waals surface area contributed by atoms with Crippen LogP contribution in [0.5, 0.6) is 0 Å². The van der Waals surface area contributed by atoms with Crippen LogP contribution < -0.4 is 26.2 Å². The van der Waals surface area contributed by atoms with Gasteiger partial charge in [0.2, 0.25) is 6.71 Å². The second kappa shape index (κ2) is 27.1. The zero-order valence-electron chi connectivity index (χ0n) is 68.4. The van der Waals surface area contributed by atoms with Gasteiger partial charge in [-0.3, -0.25) is 0 Å². The smallest absolute Gasteiger partial charge is 0.245 e. The lowest BCUT2D eigenvalue weighted by molar-refractivity contribution is 0.402. The van der Waals surface area contributed by atoms with Crippen LogP contribution in [0.25, 0.3) is 66.8 Å². The predicted octanol–water partition coefficient (Wildman–Crippen LogP) is 27.4. The second-order valence-electron chi connectivity index (χ2n) is 36.0. The highest BCUT2D eigenvalue weighted by Crippen LogP contribution is 2.67. The molecule has 3 heteroatoms. The van der Waals surface area contributed by atoms with Gasteiger partial charge in [-0.1, -0.05) is 369 Å². The van der Waals surface area contributed by atoms with E-state index in [0.29, 0.717) is 0 Å². The van der Waals surface area contributed by atoms with Gasteiger partial charge in [0.15, 0.2) is 0 Å². The lowest BCUT2D eigenvalue weighted by atomic mass is 9.32. The fourth-order valence-electron chi connectivity index (χ4n) is 21.6. The Morgan fingerprint density at radius 2 is 0.500 bits per heavy atom. The lowest BCUT2D eigenvalue weighted by Gasteiger charge is -2.50. The van der Waals surface area contributed by atoms with Crippen LogP contribution in [0.2, 0.25) is 0 Å². The molecule has 15 aromatic rings. The molecule has 114 heavy (non-hydrogen) atoms. The molecule has 0 amide bonds. The van der Waals surface area contributed by atoms with Crippen molar-refractivity contribution < 1.29 is 0 Å². The molecule has 0 spiro atoms. The summed E-state index contributed by atoms with van der Waals surface area (Å²) in [6.07, 6.45) is 0.907. The summed E-state index contributed by atoms with van der Waals surface area (Å²) in [5, 5.41) is 0. The van der Waals surface area contributed by atoms with Crippen molar-refractivity contribution in [2.75, 3.05) is 9.80 Å². The number of fused-ring (bicyclic) bond motifs is 7. The summed E-state index contributed by atoms with van der Waals surface area (Å²) < 4.78 is 0. The van der Waals surface area contributed by atoms with Crippen molar-refractivity contribution in [3.8, 4) is 66.8 Å². The normalized spacial score (nSPS) is 15.5. The summed E-state index contributed by atoms with van der Waals surface area (Å²) in [6, 6.07) is 126. The molecule has 0 aromatic heterocycles. The summed E-state index contributed by atoms with van der Waals surface area (Å²) in [4.78, 5) is 5.76. The monoisotopic (exact) mass is 1470 g/mol. The third-order valence-electron chi connectivity index (χ3n) is 26.8. The Labute approximate surface area is 676 Å². The standard InChI is InChI=1S/C111H99BN2/c1-70-35-33-36-71(2)102(70)112(103-72(3)37-34-38-73(103)4)104-101-100(107(5,6)69-108(101,7)8)99(98-86-57-51-80(74-39-21-15-22-40-74)63-88(86)109(9,10)89-64-81(52-58-87(89)98)75-41-23-16-24-42-75)105(113-94-59-53-82(76-43-25-17-26-44-76)65-90(94)110(11,12)91-66-83(54-60-95(91)113)77-45-27-18-28-46-77)106(104)114-96-61-55-84(78-47-29-19-30-48-78)67-92(96)111(13,14)93-68-85(56-62-97(93)114)79-49-31-20-32-50-79/h15-68,98H,69H2,1-14H3. The van der Waals surface area contributed by atoms with Crippen LogP contribution in [0.3, 0.4) is 0 Å². The number of nitrogens with zero attached hydrogens (tertiary/aromatic N) is 2. The Bertz CT molecular complexity index is 5950. The maximum Gasteiger partial charge on any atom is 0.245 e. The van der Waals surface area contributed by atoms with Crippen LogP contribution in [-0.2, 0) is 27.1 Å². The van der Waals surface area contributed by atoms with Crippen LogP contribution in [0.15, 0.2) is 328 Å². The van der Waals surface area contributed by atoms with E-state index in [2.05, 4.69) is 434 Å². The van der Waals surface area contributed by atoms with Crippen molar-refractivity contribution in [3.05, 3.63) is 411 Å². The first kappa shape index (κ1) is 72.2. The molecule has 0 unspecified atom stereocenters. The molecule has 0 radical (unpaired) electrons. The molecule has 2 nitrogen and oxygen atoms in total. The van der Waals surface area contributed by atoms with E-state index in [1.165, 1.54) is 201 Å². The number of hydrogen-bond donors (Lipinski definition) is 0. The van der Waals surface area contributed by atoms with Gasteiger partial charge in [-0.2, -0.15) is 0 Å². The highest BCUT2D eigenvalue weighted by atomic mass is 15.2. The molecule has 0 N–H and O–H groups in total. The Hall–Kier alpha value is -12.0. The minimum Gasteiger partial charge on any atom is -0.308 e. The molecule has 4 aliphatic rings. The van der Waals surface area contributed by atoms with Gasteiger partial charge in [0.25, 0.3) is 0 Å². The van der Waals surface area contributed by atoms with Crippen molar-refractivity contribution in [2.45, 2.75) is 136 Å². The number of aryl methyl sites for hydroxylation is 4. The van der Waals surface area contributed by atoms with Gasteiger partial charge in [-0.05, 0) is 239 Å². The van der Waals surface area contributed by atoms with Crippen LogP contribution in [0.4, 0.5) is 34.1 Å². The van der Waals surface area contributed by atoms with E-state index in [1.54, 1.807) is 0 Å². The molecule has 0 saturated heterocycles. The summed E-state index contributed by atoms with van der Waals surface area (Å²) in [7, 11) is 0. The van der Waals surface area contributed by atoms with E-state index in [0.717, 1.165) is 6.42 Å². The van der Waals surface area contributed by atoms with Gasteiger partial charge in [0, 0.05) is 22.2 Å². The lowest BCUT2D eigenvalue weighted by Crippen LogP contribution is -2.59. The van der Waals surface area contributed by atoms with Gasteiger partial charge < -0.3 is 9.80 Å². The predicted molar refractivity (Wildman–Crippen MR) is 486 cm³/mol. The first-order chi connectivity index (χ1) is 55.0. The van der Waals surface area contributed by atoms with Crippen LogP contribution in [0, 0.1) is 27.7 Å². The maximum absolute atomic E-state index is 2.88. The summed E-state index contributed by atoms with van der Waals surface area (Å²) >= 11 is 0. The molecule has 15 aromatic carbocycles. The topological polar surface area (TPSA) is 6.48 Å². The Kier molecular flexibility index (Phi) is 17.2. The van der Waals surface area contributed by atoms with Crippen molar-refractivity contribution in [1.29, 1.82) is 0 Å². The highest BCUT2D eigenvalue weighted by molar-refractivity contribution is 6.98. The number of rotatable bonds is 12. The van der Waals surface area contributed by atoms with E-state index in [-0.39, 0.29) is 12.6 Å². The molecule has 2 heterocycles. The highest BCUT2D eigenvalue weighted by Gasteiger charge is 2.55. The molecule has 0 bridgehead atoms. The van der Waals surface area contributed by atoms with Crippen LogP contribution in [-0.4, -0.2) is 6.71 Å². The Morgan fingerprint density at radius 1 is 0.246 bits per heavy atom. The van der Waals surface area contributed by atoms with Gasteiger partial charge in [0.05, 0.1) is 34.1 Å². The number of benzene rings is 15.